The number of aromatic nitrogens is 4. The normalized spacial score (nSPS) is 18.0. The minimum atomic E-state index is -0.00538. The predicted molar refractivity (Wildman–Crippen MR) is 163 cm³/mol. The van der Waals surface area contributed by atoms with Crippen LogP contribution in [-0.2, 0) is 26.2 Å². The lowest BCUT2D eigenvalue weighted by Crippen LogP contribution is -2.44. The Morgan fingerprint density at radius 1 is 1.00 bits per heavy atom. The molecule has 41 heavy (non-hydrogen) atoms. The van der Waals surface area contributed by atoms with Crippen LogP contribution in [-0.4, -0.2) is 72.8 Å². The highest BCUT2D eigenvalue weighted by molar-refractivity contribution is 5.94. The number of hydrogen-bond acceptors (Lipinski definition) is 5. The van der Waals surface area contributed by atoms with Gasteiger partial charge in [0.15, 0.2) is 0 Å². The molecular weight excluding hydrogens is 510 g/mol. The quantitative estimate of drug-likeness (QED) is 0.358. The number of imidazole rings is 2. The Morgan fingerprint density at radius 2 is 1.71 bits per heavy atom. The number of rotatable bonds is 10. The topological polar surface area (TPSA) is 73.3 Å². The molecule has 2 saturated heterocycles. The first-order valence-electron chi connectivity index (χ1n) is 15.4. The van der Waals surface area contributed by atoms with E-state index in [1.54, 1.807) is 12.4 Å². The summed E-state index contributed by atoms with van der Waals surface area (Å²) >= 11 is 0. The summed E-state index contributed by atoms with van der Waals surface area (Å²) in [5, 5.41) is 0. The molecule has 3 aromatic rings. The third-order valence-corrected chi connectivity index (χ3v) is 8.62. The lowest BCUT2D eigenvalue weighted by atomic mass is 9.77. The van der Waals surface area contributed by atoms with Gasteiger partial charge in [-0.2, -0.15) is 0 Å². The molecule has 222 valence electrons. The van der Waals surface area contributed by atoms with Gasteiger partial charge in [0.05, 0.1) is 13.1 Å². The molecule has 2 aliphatic heterocycles. The van der Waals surface area contributed by atoms with Gasteiger partial charge < -0.3 is 19.4 Å². The van der Waals surface area contributed by atoms with Crippen molar-refractivity contribution in [1.82, 2.24) is 34.2 Å². The standard InChI is InChI=1S/C33H49N7O/c1-26(2)20-39-19-15-36-30(39)23-40(22-29-34-13-14-35-29)31(41)28-8-6-27(7-9-28)21-38-18-12-33(25-38)10-16-37(17-11-33)24-32(3,4)5/h6-9,13-15,19,26H,10-12,16-18,20-25H2,1-5H3,(H,34,35). The number of H-pyrrole nitrogens is 1. The van der Waals surface area contributed by atoms with Crippen LogP contribution in [0.2, 0.25) is 0 Å². The summed E-state index contributed by atoms with van der Waals surface area (Å²) in [5.41, 5.74) is 2.82. The Balaban J connectivity index is 1.20. The van der Waals surface area contributed by atoms with Gasteiger partial charge in [0.25, 0.3) is 5.91 Å². The van der Waals surface area contributed by atoms with Crippen molar-refractivity contribution in [1.29, 1.82) is 0 Å². The fourth-order valence-electron chi connectivity index (χ4n) is 6.61. The summed E-state index contributed by atoms with van der Waals surface area (Å²) in [6.45, 7) is 20.1. The van der Waals surface area contributed by atoms with E-state index in [1.165, 1.54) is 57.5 Å². The van der Waals surface area contributed by atoms with Crippen molar-refractivity contribution in [3.05, 3.63) is 71.8 Å². The Bertz CT molecular complexity index is 1250. The molecule has 2 aromatic heterocycles. The van der Waals surface area contributed by atoms with Crippen LogP contribution in [0, 0.1) is 16.7 Å². The summed E-state index contributed by atoms with van der Waals surface area (Å²) < 4.78 is 2.15. The van der Waals surface area contributed by atoms with E-state index in [0.717, 1.165) is 24.7 Å². The lowest BCUT2D eigenvalue weighted by molar-refractivity contribution is 0.0719. The first-order chi connectivity index (χ1) is 19.6. The zero-order valence-electron chi connectivity index (χ0n) is 25.8. The molecule has 0 radical (unpaired) electrons. The Hall–Kier alpha value is -2.97. The fourth-order valence-corrected chi connectivity index (χ4v) is 6.61. The van der Waals surface area contributed by atoms with Crippen LogP contribution in [0.15, 0.2) is 49.1 Å². The molecule has 2 fully saturated rings. The van der Waals surface area contributed by atoms with E-state index in [4.69, 9.17) is 0 Å². The van der Waals surface area contributed by atoms with Crippen molar-refractivity contribution in [2.75, 3.05) is 32.7 Å². The number of benzene rings is 1. The third-order valence-electron chi connectivity index (χ3n) is 8.62. The molecule has 0 unspecified atom stereocenters. The third kappa shape index (κ3) is 7.86. The number of nitrogens with one attached hydrogen (secondary N) is 1. The number of carbonyl (C=O) groups is 1. The zero-order chi connectivity index (χ0) is 29.0. The van der Waals surface area contributed by atoms with E-state index >= 15 is 0 Å². The number of carbonyl (C=O) groups excluding carboxylic acids is 1. The molecule has 8 nitrogen and oxygen atoms in total. The van der Waals surface area contributed by atoms with Crippen molar-refractivity contribution in [2.24, 2.45) is 16.7 Å². The number of piperidine rings is 1. The number of nitrogens with zero attached hydrogens (tertiary/aromatic N) is 6. The first-order valence-corrected chi connectivity index (χ1v) is 15.4. The van der Waals surface area contributed by atoms with Gasteiger partial charge in [-0.3, -0.25) is 9.69 Å². The molecule has 1 aromatic carbocycles. The molecule has 8 heteroatoms. The summed E-state index contributed by atoms with van der Waals surface area (Å²) in [6, 6.07) is 8.25. The molecule has 0 atom stereocenters. The molecule has 1 amide bonds. The molecule has 1 spiro atoms. The maximum absolute atomic E-state index is 13.7. The van der Waals surface area contributed by atoms with E-state index in [9.17, 15) is 4.79 Å². The number of likely N-dealkylation sites (tertiary alicyclic amines) is 2. The Kier molecular flexibility index (Phi) is 9.00. The minimum absolute atomic E-state index is 0.00538. The van der Waals surface area contributed by atoms with Gasteiger partial charge in [0.2, 0.25) is 0 Å². The number of aromatic amines is 1. The summed E-state index contributed by atoms with van der Waals surface area (Å²) in [5.74, 6) is 2.15. The van der Waals surface area contributed by atoms with Crippen LogP contribution in [0.25, 0.3) is 0 Å². The van der Waals surface area contributed by atoms with Crippen molar-refractivity contribution in [3.8, 4) is 0 Å². The molecule has 0 aliphatic carbocycles. The van der Waals surface area contributed by atoms with Crippen molar-refractivity contribution in [2.45, 2.75) is 80.1 Å². The van der Waals surface area contributed by atoms with Crippen LogP contribution < -0.4 is 0 Å². The second-order valence-corrected chi connectivity index (χ2v) is 14.1. The van der Waals surface area contributed by atoms with E-state index < -0.39 is 0 Å². The zero-order valence-corrected chi connectivity index (χ0v) is 25.8. The first kappa shape index (κ1) is 29.5. The second kappa shape index (κ2) is 12.5. The Morgan fingerprint density at radius 3 is 2.34 bits per heavy atom. The monoisotopic (exact) mass is 559 g/mol. The maximum atomic E-state index is 13.7. The van der Waals surface area contributed by atoms with Gasteiger partial charge in [-0.15, -0.1) is 0 Å². The molecule has 0 saturated carbocycles. The minimum Gasteiger partial charge on any atom is -0.347 e. The molecule has 5 rings (SSSR count). The van der Waals surface area contributed by atoms with Crippen LogP contribution in [0.5, 0.6) is 0 Å². The molecule has 2 aliphatic rings. The highest BCUT2D eigenvalue weighted by Gasteiger charge is 2.40. The Labute approximate surface area is 246 Å². The van der Waals surface area contributed by atoms with Crippen molar-refractivity contribution < 1.29 is 4.79 Å². The van der Waals surface area contributed by atoms with Gasteiger partial charge in [0, 0.05) is 56.5 Å². The average Bonchev–Trinajstić information content (AvgIpc) is 3.67. The second-order valence-electron chi connectivity index (χ2n) is 14.1. The van der Waals surface area contributed by atoms with E-state index in [1.807, 2.05) is 29.4 Å². The van der Waals surface area contributed by atoms with Crippen LogP contribution in [0.3, 0.4) is 0 Å². The number of hydrogen-bond donors (Lipinski definition) is 1. The fraction of sp³-hybridized carbons (Fsp3) is 0.606. The van der Waals surface area contributed by atoms with Crippen molar-refractivity contribution >= 4 is 5.91 Å². The summed E-state index contributed by atoms with van der Waals surface area (Å²) in [6.07, 6.45) is 11.3. The van der Waals surface area contributed by atoms with Gasteiger partial charge in [-0.25, -0.2) is 9.97 Å². The van der Waals surface area contributed by atoms with E-state index in [2.05, 4.69) is 76.1 Å². The molecule has 4 heterocycles. The van der Waals surface area contributed by atoms with Gasteiger partial charge in [-0.1, -0.05) is 46.8 Å². The van der Waals surface area contributed by atoms with Gasteiger partial charge in [0.1, 0.15) is 11.6 Å². The van der Waals surface area contributed by atoms with E-state index in [0.29, 0.717) is 35.4 Å². The average molecular weight is 560 g/mol. The maximum Gasteiger partial charge on any atom is 0.254 e. The van der Waals surface area contributed by atoms with Crippen LogP contribution in [0.1, 0.15) is 81.5 Å². The SMILES string of the molecule is CC(C)Cn1ccnc1CN(Cc1ncc[nH]1)C(=O)c1ccc(CN2CCC3(CCN(CC(C)(C)C)CC3)C2)cc1. The predicted octanol–water partition coefficient (Wildman–Crippen LogP) is 5.44. The molecule has 0 bridgehead atoms. The van der Waals surface area contributed by atoms with Crippen LogP contribution in [0.4, 0.5) is 0 Å². The highest BCUT2D eigenvalue weighted by atomic mass is 16.2. The van der Waals surface area contributed by atoms with Crippen molar-refractivity contribution in [3.63, 3.8) is 0 Å². The smallest absolute Gasteiger partial charge is 0.254 e. The van der Waals surface area contributed by atoms with Gasteiger partial charge in [-0.05, 0) is 73.3 Å². The largest absolute Gasteiger partial charge is 0.347 e. The van der Waals surface area contributed by atoms with Gasteiger partial charge >= 0.3 is 0 Å². The summed E-state index contributed by atoms with van der Waals surface area (Å²) in [7, 11) is 0. The summed E-state index contributed by atoms with van der Waals surface area (Å²) in [4.78, 5) is 32.9. The number of amides is 1. The molecular formula is C33H49N7O. The van der Waals surface area contributed by atoms with E-state index in [-0.39, 0.29) is 5.91 Å². The van der Waals surface area contributed by atoms with Crippen LogP contribution >= 0.6 is 0 Å². The lowest BCUT2D eigenvalue weighted by Gasteiger charge is -2.41. The molecule has 1 N–H and O–H groups in total. The highest BCUT2D eigenvalue weighted by Crippen LogP contribution is 2.41.